The van der Waals surface area contributed by atoms with Crippen LogP contribution in [-0.4, -0.2) is 73.6 Å². The van der Waals surface area contributed by atoms with Gasteiger partial charge in [0.15, 0.2) is 5.78 Å². The van der Waals surface area contributed by atoms with Crippen molar-refractivity contribution in [2.75, 3.05) is 56.1 Å². The lowest BCUT2D eigenvalue weighted by Gasteiger charge is -2.29. The van der Waals surface area contributed by atoms with Gasteiger partial charge in [0.05, 0.1) is 23.6 Å². The van der Waals surface area contributed by atoms with Crippen molar-refractivity contribution in [2.24, 2.45) is 5.92 Å². The summed E-state index contributed by atoms with van der Waals surface area (Å²) in [6.45, 7) is 9.79. The van der Waals surface area contributed by atoms with Crippen LogP contribution in [0.3, 0.4) is 0 Å². The highest BCUT2D eigenvalue weighted by Gasteiger charge is 2.33. The first-order chi connectivity index (χ1) is 17.8. The number of hydrogen-bond acceptors (Lipinski definition) is 7. The molecule has 7 nitrogen and oxygen atoms in total. The van der Waals surface area contributed by atoms with Crippen LogP contribution in [0.1, 0.15) is 50.9 Å². The van der Waals surface area contributed by atoms with Crippen molar-refractivity contribution in [1.29, 1.82) is 0 Å². The molecule has 9 heteroatoms. The van der Waals surface area contributed by atoms with E-state index >= 15 is 0 Å². The van der Waals surface area contributed by atoms with Gasteiger partial charge in [-0.05, 0) is 64.7 Å². The SMILES string of the molecule is CCN(CC)C1=C(C)C(=O)C(C)=C(COC(=O)c2ccc(N(CCCl)CCCl)c(OCC3CC3)c2)C1=O. The van der Waals surface area contributed by atoms with E-state index in [0.29, 0.717) is 78.6 Å². The molecule has 1 fully saturated rings. The lowest BCUT2D eigenvalue weighted by Crippen LogP contribution is -2.35. The Labute approximate surface area is 229 Å². The van der Waals surface area contributed by atoms with Gasteiger partial charge in [0.25, 0.3) is 0 Å². The quantitative estimate of drug-likeness (QED) is 0.183. The van der Waals surface area contributed by atoms with E-state index in [2.05, 4.69) is 0 Å². The van der Waals surface area contributed by atoms with E-state index in [9.17, 15) is 14.4 Å². The van der Waals surface area contributed by atoms with Crippen LogP contribution >= 0.6 is 23.2 Å². The van der Waals surface area contributed by atoms with Gasteiger partial charge in [-0.25, -0.2) is 4.79 Å². The first-order valence-electron chi connectivity index (χ1n) is 12.8. The maximum atomic E-state index is 13.3. The Morgan fingerprint density at radius 3 is 2.19 bits per heavy atom. The van der Waals surface area contributed by atoms with E-state index < -0.39 is 5.97 Å². The molecule has 0 aromatic heterocycles. The molecule has 3 rings (SSSR count). The minimum atomic E-state index is -0.597. The summed E-state index contributed by atoms with van der Waals surface area (Å²) in [5.74, 6) is 0.873. The van der Waals surface area contributed by atoms with Crippen molar-refractivity contribution in [3.63, 3.8) is 0 Å². The zero-order valence-electron chi connectivity index (χ0n) is 22.1. The summed E-state index contributed by atoms with van der Waals surface area (Å²) in [5, 5.41) is 0. The molecular formula is C28H36Cl2N2O5. The number of Topliss-reactive ketones (excluding diaryl/α,β-unsaturated/α-hetero) is 2. The molecule has 2 aliphatic rings. The second kappa shape index (κ2) is 13.3. The summed E-state index contributed by atoms with van der Waals surface area (Å²) in [4.78, 5) is 43.1. The molecule has 0 unspecified atom stereocenters. The van der Waals surface area contributed by atoms with Crippen LogP contribution in [0.15, 0.2) is 40.6 Å². The topological polar surface area (TPSA) is 76.2 Å². The molecule has 2 aliphatic carbocycles. The summed E-state index contributed by atoms with van der Waals surface area (Å²) in [7, 11) is 0. The van der Waals surface area contributed by atoms with E-state index in [1.807, 2.05) is 29.7 Å². The lowest BCUT2D eigenvalue weighted by molar-refractivity contribution is -0.118. The van der Waals surface area contributed by atoms with Crippen molar-refractivity contribution >= 4 is 46.4 Å². The van der Waals surface area contributed by atoms with Gasteiger partial charge in [-0.15, -0.1) is 23.2 Å². The van der Waals surface area contributed by atoms with Gasteiger partial charge in [0, 0.05) is 54.7 Å². The Morgan fingerprint density at radius 2 is 1.62 bits per heavy atom. The van der Waals surface area contributed by atoms with Gasteiger partial charge >= 0.3 is 5.97 Å². The molecule has 1 aromatic carbocycles. The number of allylic oxidation sites excluding steroid dienone is 3. The summed E-state index contributed by atoms with van der Waals surface area (Å²) >= 11 is 12.0. The number of benzene rings is 1. The molecule has 0 bridgehead atoms. The van der Waals surface area contributed by atoms with Crippen LogP contribution < -0.4 is 9.64 Å². The van der Waals surface area contributed by atoms with Crippen LogP contribution in [0.5, 0.6) is 5.75 Å². The van der Waals surface area contributed by atoms with Crippen LogP contribution in [0, 0.1) is 5.92 Å². The molecule has 0 N–H and O–H groups in total. The summed E-state index contributed by atoms with van der Waals surface area (Å²) in [6.07, 6.45) is 2.27. The number of hydrogen-bond donors (Lipinski definition) is 0. The summed E-state index contributed by atoms with van der Waals surface area (Å²) < 4.78 is 11.6. The van der Waals surface area contributed by atoms with Crippen LogP contribution in [0.2, 0.25) is 0 Å². The van der Waals surface area contributed by atoms with Crippen LogP contribution in [0.25, 0.3) is 0 Å². The number of alkyl halides is 2. The van der Waals surface area contributed by atoms with Crippen molar-refractivity contribution in [2.45, 2.75) is 40.5 Å². The largest absolute Gasteiger partial charge is 0.491 e. The van der Waals surface area contributed by atoms with E-state index in [4.69, 9.17) is 32.7 Å². The number of esters is 1. The number of ether oxygens (including phenoxy) is 2. The number of anilines is 1. The molecule has 37 heavy (non-hydrogen) atoms. The lowest BCUT2D eigenvalue weighted by atomic mass is 9.88. The fourth-order valence-electron chi connectivity index (χ4n) is 4.39. The number of rotatable bonds is 14. The number of carbonyl (C=O) groups is 3. The molecule has 0 atom stereocenters. The molecule has 0 saturated heterocycles. The fraction of sp³-hybridized carbons (Fsp3) is 0.536. The number of nitrogens with zero attached hydrogens (tertiary/aromatic N) is 2. The summed E-state index contributed by atoms with van der Waals surface area (Å²) in [5.41, 5.74) is 2.44. The van der Waals surface area contributed by atoms with Gasteiger partial charge in [-0.1, -0.05) is 0 Å². The number of halogens is 2. The first-order valence-corrected chi connectivity index (χ1v) is 13.9. The number of likely N-dealkylation sites (N-methyl/N-ethyl adjacent to an activating group) is 1. The molecule has 1 saturated carbocycles. The standard InChI is InChI=1S/C28H36Cl2N2O5/c1-5-31(6-2)25-19(4)26(33)18(3)22(27(25)34)17-37-28(35)21-9-10-23(32(13-11-29)14-12-30)24(15-21)36-16-20-7-8-20/h9-10,15,20H,5-8,11-14,16-17H2,1-4H3. The van der Waals surface area contributed by atoms with Crippen molar-refractivity contribution in [3.8, 4) is 5.75 Å². The van der Waals surface area contributed by atoms with E-state index in [1.54, 1.807) is 26.0 Å². The number of ketones is 2. The molecule has 0 heterocycles. The van der Waals surface area contributed by atoms with Gasteiger partial charge in [0.2, 0.25) is 5.78 Å². The Bertz CT molecular complexity index is 1080. The summed E-state index contributed by atoms with van der Waals surface area (Å²) in [6, 6.07) is 5.13. The molecule has 0 aliphatic heterocycles. The van der Waals surface area contributed by atoms with Crippen LogP contribution in [0.4, 0.5) is 5.69 Å². The predicted octanol–water partition coefficient (Wildman–Crippen LogP) is 5.00. The van der Waals surface area contributed by atoms with Crippen molar-refractivity contribution in [1.82, 2.24) is 4.90 Å². The molecular weight excluding hydrogens is 515 g/mol. The maximum Gasteiger partial charge on any atom is 0.338 e. The average Bonchev–Trinajstić information content (AvgIpc) is 3.73. The average molecular weight is 552 g/mol. The Kier molecular flexibility index (Phi) is 10.5. The third kappa shape index (κ3) is 6.88. The van der Waals surface area contributed by atoms with E-state index in [0.717, 1.165) is 18.5 Å². The van der Waals surface area contributed by atoms with Gasteiger partial charge in [-0.2, -0.15) is 0 Å². The zero-order valence-corrected chi connectivity index (χ0v) is 23.6. The maximum absolute atomic E-state index is 13.3. The van der Waals surface area contributed by atoms with Crippen molar-refractivity contribution in [3.05, 3.63) is 46.2 Å². The van der Waals surface area contributed by atoms with Gasteiger partial charge < -0.3 is 19.3 Å². The zero-order chi connectivity index (χ0) is 27.1. The Hall–Kier alpha value is -2.51. The van der Waals surface area contributed by atoms with E-state index in [1.165, 1.54) is 0 Å². The first kappa shape index (κ1) is 29.1. The smallest absolute Gasteiger partial charge is 0.338 e. The normalized spacial score (nSPS) is 15.8. The monoisotopic (exact) mass is 550 g/mol. The van der Waals surface area contributed by atoms with Crippen molar-refractivity contribution < 1.29 is 23.9 Å². The molecule has 0 amide bonds. The minimum absolute atomic E-state index is 0.202. The minimum Gasteiger partial charge on any atom is -0.491 e. The number of carbonyl (C=O) groups excluding carboxylic acids is 3. The third-order valence-electron chi connectivity index (χ3n) is 6.82. The second-order valence-electron chi connectivity index (χ2n) is 9.29. The van der Waals surface area contributed by atoms with Gasteiger partial charge in [0.1, 0.15) is 12.4 Å². The molecule has 1 aromatic rings. The van der Waals surface area contributed by atoms with Gasteiger partial charge in [-0.3, -0.25) is 9.59 Å². The molecule has 202 valence electrons. The fourth-order valence-corrected chi connectivity index (χ4v) is 4.80. The second-order valence-corrected chi connectivity index (χ2v) is 10.0. The van der Waals surface area contributed by atoms with E-state index in [-0.39, 0.29) is 23.7 Å². The Balaban J connectivity index is 1.81. The molecule has 0 spiro atoms. The highest BCUT2D eigenvalue weighted by Crippen LogP contribution is 2.34. The predicted molar refractivity (Wildman–Crippen MR) is 147 cm³/mol. The molecule has 0 radical (unpaired) electrons. The highest BCUT2D eigenvalue weighted by atomic mass is 35.5. The highest BCUT2D eigenvalue weighted by molar-refractivity contribution is 6.24. The van der Waals surface area contributed by atoms with Crippen LogP contribution in [-0.2, 0) is 14.3 Å². The Morgan fingerprint density at radius 1 is 0.973 bits per heavy atom. The third-order valence-corrected chi connectivity index (χ3v) is 7.16.